The Bertz CT molecular complexity index is 599. The Morgan fingerprint density at radius 1 is 1.19 bits per heavy atom. The van der Waals surface area contributed by atoms with Crippen LogP contribution in [0.5, 0.6) is 5.75 Å². The number of nitrogens with one attached hydrogen (secondary N) is 1. The molecule has 2 N–H and O–H groups in total. The minimum absolute atomic E-state index is 0.00732. The number of carbonyl (C=O) groups is 1. The van der Waals surface area contributed by atoms with Crippen LogP contribution in [0.4, 0.5) is 5.69 Å². The number of aliphatic hydroxyl groups is 1. The molecule has 0 fully saturated rings. The molecule has 0 aromatic heterocycles. The van der Waals surface area contributed by atoms with Crippen molar-refractivity contribution in [2.45, 2.75) is 11.8 Å². The second-order valence-electron chi connectivity index (χ2n) is 4.45. The van der Waals surface area contributed by atoms with Gasteiger partial charge >= 0.3 is 130 Å². The van der Waals surface area contributed by atoms with Crippen LogP contribution in [-0.4, -0.2) is 33.9 Å². The molecule has 2 rings (SSSR count). The van der Waals surface area contributed by atoms with Crippen molar-refractivity contribution in [2.24, 2.45) is 0 Å². The SMILES string of the molecule is COc1ccc(NC(=O)C[AsH]c2ccccc2CO)cc1. The first-order chi connectivity index (χ1) is 10.2. The number of ether oxygens (including phenoxy) is 1. The molecule has 4 nitrogen and oxygen atoms in total. The number of hydrogen-bond donors (Lipinski definition) is 2. The molecule has 0 heterocycles. The van der Waals surface area contributed by atoms with Crippen molar-refractivity contribution in [1.82, 2.24) is 0 Å². The number of amides is 1. The molecule has 2 aromatic rings. The summed E-state index contributed by atoms with van der Waals surface area (Å²) in [7, 11) is 1.61. The molecule has 0 aliphatic heterocycles. The molecule has 5 heteroatoms. The summed E-state index contributed by atoms with van der Waals surface area (Å²) in [4.78, 5) is 12.0. The molecule has 1 atom stereocenters. The maximum atomic E-state index is 12.0. The van der Waals surface area contributed by atoms with E-state index in [9.17, 15) is 9.90 Å². The van der Waals surface area contributed by atoms with Crippen LogP contribution in [0.1, 0.15) is 5.56 Å². The van der Waals surface area contributed by atoms with Gasteiger partial charge in [0, 0.05) is 0 Å². The third-order valence-corrected chi connectivity index (χ3v) is 5.87. The van der Waals surface area contributed by atoms with E-state index in [1.54, 1.807) is 7.11 Å². The van der Waals surface area contributed by atoms with E-state index in [1.165, 1.54) is 0 Å². The fourth-order valence-corrected chi connectivity index (χ4v) is 4.07. The van der Waals surface area contributed by atoms with Crippen molar-refractivity contribution in [3.63, 3.8) is 0 Å². The topological polar surface area (TPSA) is 58.6 Å². The Balaban J connectivity index is 1.89. The van der Waals surface area contributed by atoms with E-state index in [-0.39, 0.29) is 12.5 Å². The number of anilines is 1. The number of carbonyl (C=O) groups excluding carboxylic acids is 1. The molecule has 0 aliphatic rings. The second-order valence-corrected chi connectivity index (χ2v) is 7.06. The molecule has 110 valence electrons. The predicted molar refractivity (Wildman–Crippen MR) is 85.6 cm³/mol. The predicted octanol–water partition coefficient (Wildman–Crippen LogP) is 1.31. The summed E-state index contributed by atoms with van der Waals surface area (Å²) < 4.78 is 6.20. The summed E-state index contributed by atoms with van der Waals surface area (Å²) in [6, 6.07) is 15.0. The van der Waals surface area contributed by atoms with E-state index in [4.69, 9.17) is 4.74 Å². The average Bonchev–Trinajstić information content (AvgIpc) is 2.54. The van der Waals surface area contributed by atoms with Crippen molar-refractivity contribution < 1.29 is 14.6 Å². The van der Waals surface area contributed by atoms with Crippen LogP contribution in [0.2, 0.25) is 5.21 Å². The van der Waals surface area contributed by atoms with Crippen LogP contribution in [0.3, 0.4) is 0 Å². The van der Waals surface area contributed by atoms with Crippen molar-refractivity contribution in [1.29, 1.82) is 0 Å². The zero-order chi connectivity index (χ0) is 15.1. The van der Waals surface area contributed by atoms with E-state index < -0.39 is 15.8 Å². The monoisotopic (exact) mass is 347 g/mol. The van der Waals surface area contributed by atoms with Gasteiger partial charge in [-0.15, -0.1) is 0 Å². The number of benzene rings is 2. The van der Waals surface area contributed by atoms with E-state index in [2.05, 4.69) is 5.32 Å². The van der Waals surface area contributed by atoms with E-state index in [1.807, 2.05) is 48.5 Å². The molecule has 1 unspecified atom stereocenters. The van der Waals surface area contributed by atoms with E-state index >= 15 is 0 Å². The van der Waals surface area contributed by atoms with Gasteiger partial charge in [-0.25, -0.2) is 0 Å². The summed E-state index contributed by atoms with van der Waals surface area (Å²) in [6.45, 7) is 0.0276. The van der Waals surface area contributed by atoms with Gasteiger partial charge in [0.1, 0.15) is 0 Å². The molecule has 21 heavy (non-hydrogen) atoms. The van der Waals surface area contributed by atoms with Crippen molar-refractivity contribution in [3.05, 3.63) is 54.1 Å². The molecule has 0 saturated heterocycles. The normalized spacial score (nSPS) is 10.8. The van der Waals surface area contributed by atoms with Crippen molar-refractivity contribution in [3.8, 4) is 5.75 Å². The second kappa shape index (κ2) is 7.86. The zero-order valence-corrected chi connectivity index (χ0v) is 13.9. The maximum absolute atomic E-state index is 12.0. The van der Waals surface area contributed by atoms with Crippen LogP contribution in [-0.2, 0) is 11.4 Å². The Labute approximate surface area is 130 Å². The van der Waals surface area contributed by atoms with Crippen LogP contribution < -0.4 is 14.4 Å². The van der Waals surface area contributed by atoms with Gasteiger partial charge in [-0.3, -0.25) is 0 Å². The van der Waals surface area contributed by atoms with Crippen molar-refractivity contribution in [2.75, 3.05) is 12.4 Å². The molecular formula is C16H18AsNO3. The summed E-state index contributed by atoms with van der Waals surface area (Å²) in [6.07, 6.45) is 0. The van der Waals surface area contributed by atoms with Gasteiger partial charge < -0.3 is 0 Å². The van der Waals surface area contributed by atoms with Crippen LogP contribution in [0.15, 0.2) is 48.5 Å². The fraction of sp³-hybridized carbons (Fsp3) is 0.188. The number of rotatable bonds is 6. The average molecular weight is 347 g/mol. The Hall–Kier alpha value is -1.77. The van der Waals surface area contributed by atoms with Gasteiger partial charge in [-0.1, -0.05) is 0 Å². The Morgan fingerprint density at radius 3 is 2.57 bits per heavy atom. The molecule has 0 spiro atoms. The first-order valence-electron chi connectivity index (χ1n) is 6.59. The van der Waals surface area contributed by atoms with Crippen LogP contribution in [0.25, 0.3) is 0 Å². The van der Waals surface area contributed by atoms with Gasteiger partial charge in [0.25, 0.3) is 0 Å². The molecule has 1 amide bonds. The third-order valence-electron chi connectivity index (χ3n) is 3.00. The van der Waals surface area contributed by atoms with E-state index in [0.29, 0.717) is 5.21 Å². The molecule has 0 saturated carbocycles. The molecule has 0 aliphatic carbocycles. The first-order valence-corrected chi connectivity index (χ1v) is 9.12. The molecule has 0 radical (unpaired) electrons. The Kier molecular flexibility index (Phi) is 5.85. The standard InChI is InChI=1S/C16H18AsNO3/c1-21-14-8-6-13(7-9-14)18-16(20)10-17-15-5-3-2-4-12(15)11-19/h2-9,17,19H,10-11H2,1H3,(H,18,20). The van der Waals surface area contributed by atoms with E-state index in [0.717, 1.165) is 21.4 Å². The van der Waals surface area contributed by atoms with Gasteiger partial charge in [0.15, 0.2) is 0 Å². The fourth-order valence-electron chi connectivity index (χ4n) is 1.89. The Morgan fingerprint density at radius 2 is 1.90 bits per heavy atom. The van der Waals surface area contributed by atoms with Crippen molar-refractivity contribution >= 4 is 31.7 Å². The van der Waals surface area contributed by atoms with Gasteiger partial charge in [0.2, 0.25) is 0 Å². The minimum atomic E-state index is -0.590. The molecular weight excluding hydrogens is 329 g/mol. The number of aliphatic hydroxyl groups excluding tert-OH is 1. The summed E-state index contributed by atoms with van der Waals surface area (Å²) in [5, 5.41) is 12.7. The first kappa shape index (κ1) is 15.6. The number of hydrogen-bond acceptors (Lipinski definition) is 3. The van der Waals surface area contributed by atoms with Crippen LogP contribution >= 0.6 is 0 Å². The quantitative estimate of drug-likeness (QED) is 0.775. The summed E-state index contributed by atoms with van der Waals surface area (Å²) >= 11 is -0.590. The number of methoxy groups -OCH3 is 1. The van der Waals surface area contributed by atoms with Crippen LogP contribution in [0, 0.1) is 0 Å². The third kappa shape index (κ3) is 4.62. The summed E-state index contributed by atoms with van der Waals surface area (Å²) in [5.41, 5.74) is 1.69. The molecule has 0 bridgehead atoms. The zero-order valence-electron chi connectivity index (χ0n) is 11.8. The van der Waals surface area contributed by atoms with Gasteiger partial charge in [-0.05, 0) is 0 Å². The summed E-state index contributed by atoms with van der Waals surface area (Å²) in [5.74, 6) is 0.770. The van der Waals surface area contributed by atoms with Gasteiger partial charge in [-0.2, -0.15) is 0 Å². The molecule has 2 aromatic carbocycles. The van der Waals surface area contributed by atoms with Gasteiger partial charge in [0.05, 0.1) is 0 Å².